The van der Waals surface area contributed by atoms with Crippen molar-refractivity contribution in [2.24, 2.45) is 0 Å². The molecule has 0 aliphatic rings. The highest BCUT2D eigenvalue weighted by Gasteiger charge is 2.23. The van der Waals surface area contributed by atoms with Gasteiger partial charge in [0, 0.05) is 25.3 Å². The maximum atomic E-state index is 12.2. The number of ether oxygens (including phenoxy) is 1. The van der Waals surface area contributed by atoms with Crippen molar-refractivity contribution in [1.82, 2.24) is 5.32 Å². The normalized spacial score (nSPS) is 12.5. The van der Waals surface area contributed by atoms with E-state index in [1.165, 1.54) is 0 Å². The molecule has 0 radical (unpaired) electrons. The third-order valence-corrected chi connectivity index (χ3v) is 2.73. The van der Waals surface area contributed by atoms with Crippen molar-refractivity contribution < 1.29 is 14.3 Å². The van der Waals surface area contributed by atoms with Crippen molar-refractivity contribution in [2.45, 2.75) is 39.3 Å². The van der Waals surface area contributed by atoms with Crippen LogP contribution in [0, 0.1) is 0 Å². The molecule has 1 N–H and O–H groups in total. The van der Waals surface area contributed by atoms with Crippen LogP contribution in [-0.4, -0.2) is 37.6 Å². The molecule has 1 rings (SSSR count). The van der Waals surface area contributed by atoms with Gasteiger partial charge in [0.25, 0.3) is 5.91 Å². The first-order valence-corrected chi connectivity index (χ1v) is 6.91. The smallest absolute Gasteiger partial charge is 0.328 e. The summed E-state index contributed by atoms with van der Waals surface area (Å²) >= 11 is 0. The van der Waals surface area contributed by atoms with Gasteiger partial charge in [0.1, 0.15) is 11.6 Å². The van der Waals surface area contributed by atoms with Crippen LogP contribution in [0.15, 0.2) is 24.3 Å². The summed E-state index contributed by atoms with van der Waals surface area (Å²) in [4.78, 5) is 25.9. The maximum Gasteiger partial charge on any atom is 0.328 e. The number of hydrogen-bond acceptors (Lipinski definition) is 4. The number of nitrogens with zero attached hydrogens (tertiary/aromatic N) is 1. The van der Waals surface area contributed by atoms with E-state index in [2.05, 4.69) is 5.32 Å². The lowest BCUT2D eigenvalue weighted by Crippen LogP contribution is -2.42. The van der Waals surface area contributed by atoms with E-state index < -0.39 is 17.6 Å². The van der Waals surface area contributed by atoms with Crippen molar-refractivity contribution in [1.29, 1.82) is 0 Å². The topological polar surface area (TPSA) is 58.6 Å². The number of rotatable bonds is 4. The van der Waals surface area contributed by atoms with E-state index in [9.17, 15) is 9.59 Å². The summed E-state index contributed by atoms with van der Waals surface area (Å²) in [7, 11) is 3.81. The highest BCUT2D eigenvalue weighted by atomic mass is 16.6. The lowest BCUT2D eigenvalue weighted by atomic mass is 10.1. The fraction of sp³-hybridized carbons (Fsp3) is 0.500. The molecule has 0 heterocycles. The number of carbonyl (C=O) groups excluding carboxylic acids is 2. The van der Waals surface area contributed by atoms with E-state index in [0.29, 0.717) is 5.56 Å². The molecule has 0 saturated carbocycles. The lowest BCUT2D eigenvalue weighted by Gasteiger charge is -2.22. The predicted molar refractivity (Wildman–Crippen MR) is 83.5 cm³/mol. The Morgan fingerprint density at radius 2 is 1.86 bits per heavy atom. The monoisotopic (exact) mass is 292 g/mol. The van der Waals surface area contributed by atoms with Crippen LogP contribution in [0.25, 0.3) is 0 Å². The van der Waals surface area contributed by atoms with Gasteiger partial charge in [-0.1, -0.05) is 6.07 Å². The van der Waals surface area contributed by atoms with Crippen LogP contribution in [0.1, 0.15) is 38.1 Å². The van der Waals surface area contributed by atoms with Crippen molar-refractivity contribution in [3.63, 3.8) is 0 Å². The molecule has 0 unspecified atom stereocenters. The van der Waals surface area contributed by atoms with E-state index >= 15 is 0 Å². The first-order chi connectivity index (χ1) is 9.60. The van der Waals surface area contributed by atoms with Gasteiger partial charge < -0.3 is 15.0 Å². The number of carbonyl (C=O) groups is 2. The number of amides is 1. The highest BCUT2D eigenvalue weighted by Crippen LogP contribution is 2.14. The summed E-state index contributed by atoms with van der Waals surface area (Å²) in [6.07, 6.45) is 0. The third-order valence-electron chi connectivity index (χ3n) is 2.73. The molecule has 0 aliphatic carbocycles. The van der Waals surface area contributed by atoms with E-state index in [-0.39, 0.29) is 5.91 Å². The largest absolute Gasteiger partial charge is 0.458 e. The van der Waals surface area contributed by atoms with Crippen LogP contribution < -0.4 is 10.2 Å². The molecule has 5 heteroatoms. The summed E-state index contributed by atoms with van der Waals surface area (Å²) in [5.74, 6) is -0.739. The van der Waals surface area contributed by atoms with E-state index in [1.54, 1.807) is 39.8 Å². The molecule has 0 saturated heterocycles. The Labute approximate surface area is 126 Å². The molecular formula is C16H24N2O3. The number of hydrogen-bond donors (Lipinski definition) is 1. The summed E-state index contributed by atoms with van der Waals surface area (Å²) in [5, 5.41) is 2.65. The molecule has 0 aromatic heterocycles. The van der Waals surface area contributed by atoms with Gasteiger partial charge in [0.15, 0.2) is 0 Å². The van der Waals surface area contributed by atoms with Gasteiger partial charge >= 0.3 is 5.97 Å². The first-order valence-electron chi connectivity index (χ1n) is 6.91. The highest BCUT2D eigenvalue weighted by molar-refractivity contribution is 5.97. The SMILES string of the molecule is C[C@@H](NC(=O)c1cccc(N(C)C)c1)C(=O)OC(C)(C)C. The molecule has 21 heavy (non-hydrogen) atoms. The molecule has 0 spiro atoms. The Balaban J connectivity index is 2.72. The second kappa shape index (κ2) is 6.61. The van der Waals surface area contributed by atoms with Crippen molar-refractivity contribution in [3.05, 3.63) is 29.8 Å². The number of nitrogens with one attached hydrogen (secondary N) is 1. The average Bonchev–Trinajstić information content (AvgIpc) is 2.36. The summed E-state index contributed by atoms with van der Waals surface area (Å²) in [6, 6.07) is 6.51. The van der Waals surface area contributed by atoms with Gasteiger partial charge in [-0.15, -0.1) is 0 Å². The Hall–Kier alpha value is -2.04. The zero-order valence-electron chi connectivity index (χ0n) is 13.6. The van der Waals surface area contributed by atoms with Crippen molar-refractivity contribution in [2.75, 3.05) is 19.0 Å². The summed E-state index contributed by atoms with van der Waals surface area (Å²) in [6.45, 7) is 6.99. The standard InChI is InChI=1S/C16H24N2O3/c1-11(15(20)21-16(2,3)4)17-14(19)12-8-7-9-13(10-12)18(5)6/h7-11H,1-6H3,(H,17,19)/t11-/m1/s1. The Bertz CT molecular complexity index is 518. The van der Waals surface area contributed by atoms with Crippen LogP contribution in [0.2, 0.25) is 0 Å². The molecule has 1 aromatic rings. The zero-order chi connectivity index (χ0) is 16.2. The fourth-order valence-corrected chi connectivity index (χ4v) is 1.65. The van der Waals surface area contributed by atoms with E-state index in [1.807, 2.05) is 31.1 Å². The lowest BCUT2D eigenvalue weighted by molar-refractivity contribution is -0.156. The Kier molecular flexibility index (Phi) is 5.35. The fourth-order valence-electron chi connectivity index (χ4n) is 1.65. The molecule has 1 amide bonds. The van der Waals surface area contributed by atoms with Crippen molar-refractivity contribution >= 4 is 17.6 Å². The maximum absolute atomic E-state index is 12.2. The Morgan fingerprint density at radius 1 is 1.24 bits per heavy atom. The number of benzene rings is 1. The third kappa shape index (κ3) is 5.45. The van der Waals surface area contributed by atoms with Gasteiger partial charge in [-0.25, -0.2) is 4.79 Å². The molecule has 0 aliphatic heterocycles. The van der Waals surface area contributed by atoms with Crippen LogP contribution >= 0.6 is 0 Å². The van der Waals surface area contributed by atoms with E-state index in [0.717, 1.165) is 5.69 Å². The molecule has 1 atom stereocenters. The molecule has 1 aromatic carbocycles. The quantitative estimate of drug-likeness (QED) is 0.864. The van der Waals surface area contributed by atoms with E-state index in [4.69, 9.17) is 4.74 Å². The number of esters is 1. The zero-order valence-corrected chi connectivity index (χ0v) is 13.6. The molecule has 5 nitrogen and oxygen atoms in total. The van der Waals surface area contributed by atoms with Gasteiger partial charge in [-0.3, -0.25) is 4.79 Å². The summed E-state index contributed by atoms with van der Waals surface area (Å²) in [5.41, 5.74) is 0.866. The second-order valence-electron chi connectivity index (χ2n) is 6.17. The minimum atomic E-state index is -0.695. The van der Waals surface area contributed by atoms with Gasteiger partial charge in [0.05, 0.1) is 0 Å². The van der Waals surface area contributed by atoms with Crippen LogP contribution in [0.4, 0.5) is 5.69 Å². The molecular weight excluding hydrogens is 268 g/mol. The van der Waals surface area contributed by atoms with Gasteiger partial charge in [-0.05, 0) is 45.9 Å². The van der Waals surface area contributed by atoms with Crippen molar-refractivity contribution in [3.8, 4) is 0 Å². The molecule has 116 valence electrons. The predicted octanol–water partition coefficient (Wildman–Crippen LogP) is 2.21. The second-order valence-corrected chi connectivity index (χ2v) is 6.17. The summed E-state index contributed by atoms with van der Waals surface area (Å²) < 4.78 is 5.24. The number of anilines is 1. The van der Waals surface area contributed by atoms with Crippen LogP contribution in [0.5, 0.6) is 0 Å². The van der Waals surface area contributed by atoms with Gasteiger partial charge in [0.2, 0.25) is 0 Å². The van der Waals surface area contributed by atoms with Gasteiger partial charge in [-0.2, -0.15) is 0 Å². The average molecular weight is 292 g/mol. The minimum Gasteiger partial charge on any atom is -0.458 e. The molecule has 0 bridgehead atoms. The van der Waals surface area contributed by atoms with Crippen LogP contribution in [-0.2, 0) is 9.53 Å². The Morgan fingerprint density at radius 3 is 2.38 bits per heavy atom. The minimum absolute atomic E-state index is 0.294. The first kappa shape index (κ1) is 17.0. The van der Waals surface area contributed by atoms with Crippen LogP contribution in [0.3, 0.4) is 0 Å². The molecule has 0 fully saturated rings.